The first kappa shape index (κ1) is 24.7. The highest BCUT2D eigenvalue weighted by Gasteiger charge is 2.33. The number of carbonyl (C=O) groups excluding carboxylic acids is 2. The second-order valence-corrected chi connectivity index (χ2v) is 8.72. The summed E-state index contributed by atoms with van der Waals surface area (Å²) in [5, 5.41) is 6.22. The summed E-state index contributed by atoms with van der Waals surface area (Å²) < 4.78 is 17.1. The first-order chi connectivity index (χ1) is 16.9. The van der Waals surface area contributed by atoms with Gasteiger partial charge in [0.15, 0.2) is 23.2 Å². The van der Waals surface area contributed by atoms with Crippen molar-refractivity contribution in [1.82, 2.24) is 10.2 Å². The van der Waals surface area contributed by atoms with Gasteiger partial charge in [-0.25, -0.2) is 0 Å². The molecule has 2 heterocycles. The van der Waals surface area contributed by atoms with Gasteiger partial charge in [-0.15, -0.1) is 0 Å². The van der Waals surface area contributed by atoms with E-state index in [1.807, 2.05) is 38.1 Å². The van der Waals surface area contributed by atoms with Crippen molar-refractivity contribution in [2.24, 2.45) is 0 Å². The van der Waals surface area contributed by atoms with Crippen molar-refractivity contribution in [3.8, 4) is 11.5 Å². The SMILES string of the molecule is CCOc1cc(/C=C2/NC(=S)N(CC3CCCO3)C2=O)ccc1OCC(=O)Nc1ccccc1C. The molecule has 0 spiro atoms. The van der Waals surface area contributed by atoms with E-state index in [1.165, 1.54) is 0 Å². The number of nitrogens with one attached hydrogen (secondary N) is 2. The van der Waals surface area contributed by atoms with E-state index in [9.17, 15) is 9.59 Å². The molecule has 8 nitrogen and oxygen atoms in total. The zero-order chi connectivity index (χ0) is 24.8. The summed E-state index contributed by atoms with van der Waals surface area (Å²) in [6.07, 6.45) is 3.66. The molecule has 2 N–H and O–H groups in total. The summed E-state index contributed by atoms with van der Waals surface area (Å²) in [6, 6.07) is 12.8. The fourth-order valence-corrected chi connectivity index (χ4v) is 4.21. The van der Waals surface area contributed by atoms with Crippen molar-refractivity contribution in [3.63, 3.8) is 0 Å². The molecule has 0 aliphatic carbocycles. The molecule has 4 rings (SSSR count). The molecule has 9 heteroatoms. The number of thiocarbonyl (C=S) groups is 1. The maximum Gasteiger partial charge on any atom is 0.276 e. The Morgan fingerprint density at radius 1 is 1.26 bits per heavy atom. The smallest absolute Gasteiger partial charge is 0.276 e. The summed E-state index contributed by atoms with van der Waals surface area (Å²) in [4.78, 5) is 26.8. The summed E-state index contributed by atoms with van der Waals surface area (Å²) in [6.45, 7) is 5.21. The monoisotopic (exact) mass is 495 g/mol. The van der Waals surface area contributed by atoms with Gasteiger partial charge < -0.3 is 24.8 Å². The predicted octanol–water partition coefficient (Wildman–Crippen LogP) is 3.65. The van der Waals surface area contributed by atoms with Crippen molar-refractivity contribution in [2.75, 3.05) is 31.7 Å². The number of aryl methyl sites for hydroxylation is 1. The van der Waals surface area contributed by atoms with Crippen LogP contribution in [0.2, 0.25) is 0 Å². The molecule has 184 valence electrons. The van der Waals surface area contributed by atoms with Crippen molar-refractivity contribution < 1.29 is 23.8 Å². The van der Waals surface area contributed by atoms with Crippen molar-refractivity contribution >= 4 is 40.9 Å². The second-order valence-electron chi connectivity index (χ2n) is 8.33. The van der Waals surface area contributed by atoms with E-state index in [4.69, 9.17) is 26.4 Å². The molecule has 1 unspecified atom stereocenters. The molecule has 2 aromatic carbocycles. The molecule has 2 aliphatic heterocycles. The van der Waals surface area contributed by atoms with Gasteiger partial charge in [-0.05, 0) is 74.3 Å². The number of anilines is 1. The van der Waals surface area contributed by atoms with Crippen LogP contribution in [-0.2, 0) is 14.3 Å². The van der Waals surface area contributed by atoms with E-state index in [0.717, 1.165) is 36.3 Å². The molecule has 0 saturated carbocycles. The van der Waals surface area contributed by atoms with Crippen LogP contribution in [0, 0.1) is 6.92 Å². The maximum atomic E-state index is 12.9. The van der Waals surface area contributed by atoms with Crippen molar-refractivity contribution in [1.29, 1.82) is 0 Å². The summed E-state index contributed by atoms with van der Waals surface area (Å²) in [5.41, 5.74) is 2.84. The first-order valence-corrected chi connectivity index (χ1v) is 12.1. The second kappa shape index (κ2) is 11.3. The van der Waals surface area contributed by atoms with Gasteiger partial charge in [0, 0.05) is 12.3 Å². The minimum Gasteiger partial charge on any atom is -0.490 e. The number of ether oxygens (including phenoxy) is 3. The lowest BCUT2D eigenvalue weighted by atomic mass is 10.1. The van der Waals surface area contributed by atoms with Gasteiger partial charge in [0.2, 0.25) is 0 Å². The number of rotatable bonds is 9. The molecule has 2 aliphatic rings. The Balaban J connectivity index is 1.42. The summed E-state index contributed by atoms with van der Waals surface area (Å²) in [5.74, 6) is 0.468. The lowest BCUT2D eigenvalue weighted by Crippen LogP contribution is -2.37. The number of carbonyl (C=O) groups is 2. The molecule has 0 radical (unpaired) electrons. The zero-order valence-electron chi connectivity index (χ0n) is 19.8. The van der Waals surface area contributed by atoms with Gasteiger partial charge in [0.25, 0.3) is 11.8 Å². The molecule has 35 heavy (non-hydrogen) atoms. The topological polar surface area (TPSA) is 89.1 Å². The Morgan fingerprint density at radius 2 is 2.09 bits per heavy atom. The highest BCUT2D eigenvalue weighted by molar-refractivity contribution is 7.80. The molecule has 0 aromatic heterocycles. The van der Waals surface area contributed by atoms with E-state index in [-0.39, 0.29) is 24.5 Å². The van der Waals surface area contributed by atoms with Crippen LogP contribution < -0.4 is 20.1 Å². The number of nitrogens with zero attached hydrogens (tertiary/aromatic N) is 1. The fourth-order valence-electron chi connectivity index (χ4n) is 3.94. The van der Waals surface area contributed by atoms with Crippen LogP contribution in [-0.4, -0.2) is 54.3 Å². The van der Waals surface area contributed by atoms with Crippen LogP contribution in [0.15, 0.2) is 48.2 Å². The average molecular weight is 496 g/mol. The van der Waals surface area contributed by atoms with Crippen LogP contribution in [0.25, 0.3) is 6.08 Å². The van der Waals surface area contributed by atoms with Crippen LogP contribution in [0.3, 0.4) is 0 Å². The largest absolute Gasteiger partial charge is 0.490 e. The number of hydrogen-bond donors (Lipinski definition) is 2. The van der Waals surface area contributed by atoms with E-state index < -0.39 is 0 Å². The molecule has 2 amide bonds. The number of benzene rings is 2. The Hall–Kier alpha value is -3.43. The summed E-state index contributed by atoms with van der Waals surface area (Å²) >= 11 is 5.36. The molecule has 0 bridgehead atoms. The minimum absolute atomic E-state index is 0.0158. The Morgan fingerprint density at radius 3 is 2.83 bits per heavy atom. The highest BCUT2D eigenvalue weighted by Crippen LogP contribution is 2.30. The Labute approximate surface area is 210 Å². The number of para-hydroxylation sites is 1. The first-order valence-electron chi connectivity index (χ1n) is 11.7. The van der Waals surface area contributed by atoms with Crippen molar-refractivity contribution in [2.45, 2.75) is 32.8 Å². The molecule has 2 fully saturated rings. The average Bonchev–Trinajstić information content (AvgIpc) is 3.44. The van der Waals surface area contributed by atoms with E-state index in [2.05, 4.69) is 10.6 Å². The van der Waals surface area contributed by atoms with Crippen LogP contribution in [0.4, 0.5) is 5.69 Å². The van der Waals surface area contributed by atoms with Gasteiger partial charge in [0.1, 0.15) is 5.70 Å². The van der Waals surface area contributed by atoms with Crippen LogP contribution >= 0.6 is 12.2 Å². The molecule has 2 aromatic rings. The Kier molecular flexibility index (Phi) is 7.99. The quantitative estimate of drug-likeness (QED) is 0.406. The van der Waals surface area contributed by atoms with Gasteiger partial charge in [0.05, 0.1) is 19.3 Å². The normalized spacial score (nSPS) is 18.6. The Bertz CT molecular complexity index is 1140. The molecular formula is C26H29N3O5S. The van der Waals surface area contributed by atoms with E-state index >= 15 is 0 Å². The number of amides is 2. The third-order valence-corrected chi connectivity index (χ3v) is 6.05. The number of hydrogen-bond acceptors (Lipinski definition) is 6. The lowest BCUT2D eigenvalue weighted by molar-refractivity contribution is -0.123. The van der Waals surface area contributed by atoms with E-state index in [1.54, 1.807) is 29.2 Å². The van der Waals surface area contributed by atoms with Gasteiger partial charge in [-0.2, -0.15) is 0 Å². The zero-order valence-corrected chi connectivity index (χ0v) is 20.7. The molecule has 2 saturated heterocycles. The van der Waals surface area contributed by atoms with Crippen LogP contribution in [0.5, 0.6) is 11.5 Å². The standard InChI is InChI=1S/C26H29N3O5S/c1-3-32-23-14-18(13-21-25(31)29(26(35)28-21)15-19-8-6-12-33-19)10-11-22(23)34-16-24(30)27-20-9-5-4-7-17(20)2/h4-5,7,9-11,13-14,19H,3,6,8,12,15-16H2,1-2H3,(H,27,30)(H,28,35)/b21-13+. The van der Waals surface area contributed by atoms with Crippen LogP contribution in [0.1, 0.15) is 30.9 Å². The van der Waals surface area contributed by atoms with Crippen molar-refractivity contribution in [3.05, 3.63) is 59.3 Å². The third kappa shape index (κ3) is 6.17. The molecular weight excluding hydrogens is 466 g/mol. The minimum atomic E-state index is -0.270. The lowest BCUT2D eigenvalue weighted by Gasteiger charge is -2.18. The maximum absolute atomic E-state index is 12.9. The fraction of sp³-hybridized carbons (Fsp3) is 0.346. The third-order valence-electron chi connectivity index (χ3n) is 5.73. The van der Waals surface area contributed by atoms with Gasteiger partial charge >= 0.3 is 0 Å². The predicted molar refractivity (Wildman–Crippen MR) is 137 cm³/mol. The van der Waals surface area contributed by atoms with Gasteiger partial charge in [-0.1, -0.05) is 24.3 Å². The van der Waals surface area contributed by atoms with Gasteiger partial charge in [-0.3, -0.25) is 14.5 Å². The van der Waals surface area contributed by atoms with E-state index in [0.29, 0.717) is 35.5 Å². The summed E-state index contributed by atoms with van der Waals surface area (Å²) in [7, 11) is 0. The highest BCUT2D eigenvalue weighted by atomic mass is 32.1. The molecule has 1 atom stereocenters.